The summed E-state index contributed by atoms with van der Waals surface area (Å²) < 4.78 is 0. The third-order valence-corrected chi connectivity index (χ3v) is 1.42. The average molecular weight is 224 g/mol. The minimum absolute atomic E-state index is 0.0258. The van der Waals surface area contributed by atoms with E-state index in [2.05, 4.69) is 0 Å². The standard InChI is InChI=1S/C6H12O6.H2N3/c7-1-3(9)5(11)6(12)4(10)2-8;1-3-2/h1,3-6,8-12H,2H2;1-2H/q;+1/t3-,4-,5-,6-;/m1./s1. The van der Waals surface area contributed by atoms with Gasteiger partial charge in [-0.05, 0) is 0 Å². The summed E-state index contributed by atoms with van der Waals surface area (Å²) in [6, 6.07) is 0. The van der Waals surface area contributed by atoms with Gasteiger partial charge in [0, 0.05) is 0 Å². The van der Waals surface area contributed by atoms with Gasteiger partial charge in [-0.25, -0.2) is 0 Å². The molecule has 0 amide bonds. The Hall–Kier alpha value is -1.22. The van der Waals surface area contributed by atoms with Gasteiger partial charge in [0.1, 0.15) is 35.5 Å². The van der Waals surface area contributed by atoms with Crippen molar-refractivity contribution in [3.05, 3.63) is 0 Å². The number of aliphatic hydroxyl groups excluding tert-OH is 5. The zero-order valence-electron chi connectivity index (χ0n) is 7.69. The van der Waals surface area contributed by atoms with Crippen molar-refractivity contribution in [3.63, 3.8) is 0 Å². The zero-order chi connectivity index (χ0) is 12.4. The molecule has 0 aromatic heterocycles. The van der Waals surface area contributed by atoms with Crippen LogP contribution in [-0.4, -0.2) is 62.8 Å². The number of nitrogens with zero attached hydrogens (tertiary/aromatic N) is 1. The second kappa shape index (κ2) is 9.34. The summed E-state index contributed by atoms with van der Waals surface area (Å²) in [6.07, 6.45) is -6.84. The third kappa shape index (κ3) is 6.80. The molecule has 0 aliphatic rings. The van der Waals surface area contributed by atoms with Crippen LogP contribution in [-0.2, 0) is 4.79 Å². The quantitative estimate of drug-likeness (QED) is 0.146. The van der Waals surface area contributed by atoms with Crippen LogP contribution in [0.4, 0.5) is 0 Å². The topological polar surface area (TPSA) is 180 Å². The van der Waals surface area contributed by atoms with Crippen LogP contribution in [0, 0.1) is 11.1 Å². The first-order chi connectivity index (χ1) is 6.95. The summed E-state index contributed by atoms with van der Waals surface area (Å²) in [5, 5.41) is 43.5. The molecule has 0 rings (SSSR count). The lowest BCUT2D eigenvalue weighted by Crippen LogP contribution is -2.46. The number of rotatable bonds is 5. The van der Waals surface area contributed by atoms with Crippen molar-refractivity contribution in [2.45, 2.75) is 24.4 Å². The first-order valence-corrected chi connectivity index (χ1v) is 3.77. The average Bonchev–Trinajstić information content (AvgIpc) is 2.25. The summed E-state index contributed by atoms with van der Waals surface area (Å²) in [4.78, 5) is 11.9. The highest BCUT2D eigenvalue weighted by atomic mass is 16.4. The van der Waals surface area contributed by atoms with Gasteiger partial charge in [0.15, 0.2) is 6.29 Å². The highest BCUT2D eigenvalue weighted by molar-refractivity contribution is 5.56. The first kappa shape index (κ1) is 16.2. The van der Waals surface area contributed by atoms with Gasteiger partial charge in [0.25, 0.3) is 0 Å². The van der Waals surface area contributed by atoms with Crippen LogP contribution < -0.4 is 4.91 Å². The molecule has 0 bridgehead atoms. The molecule has 0 aliphatic heterocycles. The lowest BCUT2D eigenvalue weighted by atomic mass is 10.0. The summed E-state index contributed by atoms with van der Waals surface area (Å²) >= 11 is 0. The lowest BCUT2D eigenvalue weighted by molar-refractivity contribution is -0.136. The van der Waals surface area contributed by atoms with Crippen molar-refractivity contribution >= 4 is 6.29 Å². The van der Waals surface area contributed by atoms with E-state index in [1.54, 1.807) is 0 Å². The highest BCUT2D eigenvalue weighted by Gasteiger charge is 2.29. The smallest absolute Gasteiger partial charge is 0.211 e. The van der Waals surface area contributed by atoms with Crippen LogP contribution in [0.3, 0.4) is 0 Å². The van der Waals surface area contributed by atoms with Crippen molar-refractivity contribution in [3.8, 4) is 0 Å². The number of hydrogen-bond donors (Lipinski definition) is 7. The van der Waals surface area contributed by atoms with Crippen molar-refractivity contribution in [1.82, 2.24) is 4.91 Å². The summed E-state index contributed by atoms with van der Waals surface area (Å²) in [7, 11) is 0. The van der Waals surface area contributed by atoms with Gasteiger partial charge in [-0.1, -0.05) is 0 Å². The predicted molar refractivity (Wildman–Crippen MR) is 44.8 cm³/mol. The molecule has 9 nitrogen and oxygen atoms in total. The molecule has 9 heteroatoms. The maximum absolute atomic E-state index is 9.90. The Labute approximate surface area is 84.6 Å². The van der Waals surface area contributed by atoms with E-state index in [1.807, 2.05) is 4.91 Å². The number of aldehydes is 1. The fraction of sp³-hybridized carbons (Fsp3) is 0.833. The van der Waals surface area contributed by atoms with E-state index in [-0.39, 0.29) is 6.29 Å². The van der Waals surface area contributed by atoms with Crippen LogP contribution >= 0.6 is 0 Å². The summed E-state index contributed by atoms with van der Waals surface area (Å²) in [5.41, 5.74) is 11.0. The molecular weight excluding hydrogens is 210 g/mol. The van der Waals surface area contributed by atoms with Gasteiger partial charge in [-0.15, -0.1) is 0 Å². The molecule has 0 aromatic rings. The molecule has 0 aromatic carbocycles. The lowest BCUT2D eigenvalue weighted by Gasteiger charge is -2.22. The van der Waals surface area contributed by atoms with E-state index in [9.17, 15) is 4.79 Å². The fourth-order valence-corrected chi connectivity index (χ4v) is 0.618. The van der Waals surface area contributed by atoms with Gasteiger partial charge in [0.05, 0.1) is 6.61 Å². The van der Waals surface area contributed by atoms with Gasteiger partial charge in [0.2, 0.25) is 4.91 Å². The summed E-state index contributed by atoms with van der Waals surface area (Å²) in [5.74, 6) is 0. The van der Waals surface area contributed by atoms with Crippen LogP contribution in [0.1, 0.15) is 0 Å². The molecule has 15 heavy (non-hydrogen) atoms. The van der Waals surface area contributed by atoms with E-state index in [1.165, 1.54) is 0 Å². The molecule has 0 aliphatic carbocycles. The van der Waals surface area contributed by atoms with E-state index < -0.39 is 31.0 Å². The normalized spacial score (nSPS) is 17.4. The predicted octanol–water partition coefficient (Wildman–Crippen LogP) is -3.26. The van der Waals surface area contributed by atoms with E-state index in [0.29, 0.717) is 0 Å². The number of carbonyl (C=O) groups is 1. The van der Waals surface area contributed by atoms with Crippen LogP contribution in [0.2, 0.25) is 0 Å². The van der Waals surface area contributed by atoms with Crippen LogP contribution in [0.15, 0.2) is 0 Å². The molecule has 0 heterocycles. The van der Waals surface area contributed by atoms with Gasteiger partial charge < -0.3 is 30.3 Å². The first-order valence-electron chi connectivity index (χ1n) is 3.77. The van der Waals surface area contributed by atoms with Crippen LogP contribution in [0.25, 0.3) is 0 Å². The van der Waals surface area contributed by atoms with Crippen molar-refractivity contribution in [2.75, 3.05) is 6.61 Å². The minimum Gasteiger partial charge on any atom is -0.394 e. The maximum Gasteiger partial charge on any atom is 0.211 e. The van der Waals surface area contributed by atoms with E-state index >= 15 is 0 Å². The molecule has 0 saturated carbocycles. The molecular formula is C6H14N3O6+. The Kier molecular flexibility index (Phi) is 10.1. The van der Waals surface area contributed by atoms with Crippen molar-refractivity contribution in [1.29, 1.82) is 11.1 Å². The molecule has 0 unspecified atom stereocenters. The SMILES string of the molecule is N=[N+]=N.O=C[C@@H](O)[C@@H](O)[C@H](O)[C@H](O)CO. The van der Waals surface area contributed by atoms with Gasteiger partial charge >= 0.3 is 0 Å². The molecule has 7 N–H and O–H groups in total. The number of aliphatic hydroxyl groups is 5. The third-order valence-electron chi connectivity index (χ3n) is 1.42. The Morgan fingerprint density at radius 2 is 1.53 bits per heavy atom. The van der Waals surface area contributed by atoms with Crippen molar-refractivity contribution < 1.29 is 30.3 Å². The Morgan fingerprint density at radius 3 is 1.80 bits per heavy atom. The molecule has 4 atom stereocenters. The molecule has 0 saturated heterocycles. The second-order valence-corrected chi connectivity index (χ2v) is 2.47. The maximum atomic E-state index is 9.90. The van der Waals surface area contributed by atoms with Crippen LogP contribution in [0.5, 0.6) is 0 Å². The van der Waals surface area contributed by atoms with Gasteiger partial charge in [-0.2, -0.15) is 0 Å². The second-order valence-electron chi connectivity index (χ2n) is 2.47. The molecule has 0 spiro atoms. The molecule has 88 valence electrons. The number of nitrogens with one attached hydrogen (secondary N) is 2. The number of hydrogen-bond acceptors (Lipinski definition) is 8. The summed E-state index contributed by atoms with van der Waals surface area (Å²) in [6.45, 7) is -0.760. The fourth-order valence-electron chi connectivity index (χ4n) is 0.618. The van der Waals surface area contributed by atoms with E-state index in [0.717, 1.165) is 0 Å². The largest absolute Gasteiger partial charge is 0.394 e. The molecule has 0 radical (unpaired) electrons. The number of carbonyl (C=O) groups excluding carboxylic acids is 1. The highest BCUT2D eigenvalue weighted by Crippen LogP contribution is 2.02. The Bertz CT molecular complexity index is 207. The Morgan fingerprint density at radius 1 is 1.13 bits per heavy atom. The van der Waals surface area contributed by atoms with E-state index in [4.69, 9.17) is 36.6 Å². The monoisotopic (exact) mass is 224 g/mol. The minimum atomic E-state index is -1.79. The van der Waals surface area contributed by atoms with Gasteiger partial charge in [-0.3, -0.25) is 0 Å². The molecule has 0 fully saturated rings. The van der Waals surface area contributed by atoms with Crippen molar-refractivity contribution in [2.24, 2.45) is 0 Å². The Balaban J connectivity index is 0. The zero-order valence-corrected chi connectivity index (χ0v) is 7.69.